The Kier molecular flexibility index (Phi) is 4.05. The lowest BCUT2D eigenvalue weighted by Gasteiger charge is -2.15. The first-order valence-corrected chi connectivity index (χ1v) is 6.78. The second kappa shape index (κ2) is 5.57. The molecule has 0 saturated carbocycles. The van der Waals surface area contributed by atoms with Crippen molar-refractivity contribution in [2.45, 2.75) is 46.8 Å². The van der Waals surface area contributed by atoms with E-state index in [0.717, 1.165) is 23.2 Å². The molecule has 19 heavy (non-hydrogen) atoms. The minimum absolute atomic E-state index is 0.464. The van der Waals surface area contributed by atoms with E-state index in [0.29, 0.717) is 6.42 Å². The molecule has 0 fully saturated rings. The van der Waals surface area contributed by atoms with E-state index in [-0.39, 0.29) is 0 Å². The second-order valence-corrected chi connectivity index (χ2v) is 5.22. The summed E-state index contributed by atoms with van der Waals surface area (Å²) in [6.45, 7) is 9.16. The first-order valence-electron chi connectivity index (χ1n) is 6.78. The molecule has 0 aliphatic heterocycles. The van der Waals surface area contributed by atoms with Crippen molar-refractivity contribution in [1.82, 2.24) is 9.78 Å². The molecule has 3 heteroatoms. The Morgan fingerprint density at radius 2 is 1.84 bits per heavy atom. The number of aromatic nitrogens is 2. The molecule has 0 amide bonds. The highest BCUT2D eigenvalue weighted by Gasteiger charge is 2.13. The van der Waals surface area contributed by atoms with Gasteiger partial charge in [0.2, 0.25) is 0 Å². The Balaban J connectivity index is 2.19. The first-order chi connectivity index (χ1) is 9.01. The second-order valence-electron chi connectivity index (χ2n) is 5.22. The highest BCUT2D eigenvalue weighted by Crippen LogP contribution is 2.24. The summed E-state index contributed by atoms with van der Waals surface area (Å²) in [5.41, 5.74) is 5.74. The zero-order chi connectivity index (χ0) is 14.0. The van der Waals surface area contributed by atoms with Crippen LogP contribution in [0.25, 0.3) is 0 Å². The summed E-state index contributed by atoms with van der Waals surface area (Å²) in [6.07, 6.45) is 3.99. The molecular weight excluding hydrogens is 236 g/mol. The van der Waals surface area contributed by atoms with Crippen LogP contribution in [-0.2, 0) is 13.0 Å². The summed E-state index contributed by atoms with van der Waals surface area (Å²) >= 11 is 0. The summed E-state index contributed by atoms with van der Waals surface area (Å²) in [5, 5.41) is 14.7. The minimum atomic E-state index is -0.464. The largest absolute Gasteiger partial charge is 0.388 e. The number of hydrogen-bond acceptors (Lipinski definition) is 2. The lowest BCUT2D eigenvalue weighted by atomic mass is 9.95. The number of aryl methyl sites for hydroxylation is 4. The third kappa shape index (κ3) is 3.04. The van der Waals surface area contributed by atoms with E-state index in [4.69, 9.17) is 0 Å². The van der Waals surface area contributed by atoms with Gasteiger partial charge in [0.05, 0.1) is 12.3 Å². The van der Waals surface area contributed by atoms with Crippen LogP contribution in [0.2, 0.25) is 0 Å². The van der Waals surface area contributed by atoms with Crippen LogP contribution in [-0.4, -0.2) is 14.9 Å². The summed E-state index contributed by atoms with van der Waals surface area (Å²) < 4.78 is 1.88. The van der Waals surface area contributed by atoms with Gasteiger partial charge in [0.25, 0.3) is 0 Å². The van der Waals surface area contributed by atoms with Gasteiger partial charge in [-0.3, -0.25) is 4.68 Å². The number of aliphatic hydroxyl groups is 1. The monoisotopic (exact) mass is 258 g/mol. The zero-order valence-corrected chi connectivity index (χ0v) is 12.1. The molecule has 1 heterocycles. The zero-order valence-electron chi connectivity index (χ0n) is 12.1. The Morgan fingerprint density at radius 3 is 2.47 bits per heavy atom. The molecule has 2 rings (SSSR count). The van der Waals surface area contributed by atoms with E-state index < -0.39 is 6.10 Å². The van der Waals surface area contributed by atoms with Crippen molar-refractivity contribution in [3.05, 3.63) is 52.3 Å². The Bertz CT molecular complexity index is 572. The molecule has 1 N–H and O–H groups in total. The van der Waals surface area contributed by atoms with E-state index in [1.807, 2.05) is 17.1 Å². The number of aliphatic hydroxyl groups excluding tert-OH is 1. The molecule has 1 aromatic heterocycles. The molecule has 0 aliphatic rings. The summed E-state index contributed by atoms with van der Waals surface area (Å²) in [4.78, 5) is 0. The predicted molar refractivity (Wildman–Crippen MR) is 77.2 cm³/mol. The van der Waals surface area contributed by atoms with Gasteiger partial charge < -0.3 is 5.11 Å². The molecular formula is C16H22N2O. The number of benzene rings is 1. The lowest BCUT2D eigenvalue weighted by molar-refractivity contribution is 0.177. The Morgan fingerprint density at radius 1 is 1.16 bits per heavy atom. The van der Waals surface area contributed by atoms with Gasteiger partial charge in [-0.1, -0.05) is 12.1 Å². The maximum absolute atomic E-state index is 10.4. The first kappa shape index (κ1) is 13.8. The van der Waals surface area contributed by atoms with E-state index in [1.165, 1.54) is 11.1 Å². The molecule has 1 unspecified atom stereocenters. The van der Waals surface area contributed by atoms with Crippen molar-refractivity contribution in [2.24, 2.45) is 0 Å². The fourth-order valence-corrected chi connectivity index (χ4v) is 2.36. The molecule has 2 aromatic rings. The van der Waals surface area contributed by atoms with Crippen molar-refractivity contribution >= 4 is 0 Å². The van der Waals surface area contributed by atoms with Gasteiger partial charge in [0.1, 0.15) is 0 Å². The topological polar surface area (TPSA) is 38.0 Å². The SMILES string of the molecule is CCn1cc(CC(O)c2cc(C)c(C)cc2C)cn1. The van der Waals surface area contributed by atoms with Gasteiger partial charge in [-0.25, -0.2) is 0 Å². The fourth-order valence-electron chi connectivity index (χ4n) is 2.36. The van der Waals surface area contributed by atoms with Crippen LogP contribution in [0.15, 0.2) is 24.5 Å². The summed E-state index contributed by atoms with van der Waals surface area (Å²) in [7, 11) is 0. The van der Waals surface area contributed by atoms with Crippen LogP contribution in [0.3, 0.4) is 0 Å². The van der Waals surface area contributed by atoms with Gasteiger partial charge in [-0.05, 0) is 55.5 Å². The fraction of sp³-hybridized carbons (Fsp3) is 0.438. The highest BCUT2D eigenvalue weighted by molar-refractivity contribution is 5.38. The van der Waals surface area contributed by atoms with Crippen LogP contribution in [0.1, 0.15) is 40.8 Å². The van der Waals surface area contributed by atoms with Crippen molar-refractivity contribution < 1.29 is 5.11 Å². The molecule has 0 radical (unpaired) electrons. The Hall–Kier alpha value is -1.61. The van der Waals surface area contributed by atoms with Gasteiger partial charge >= 0.3 is 0 Å². The van der Waals surface area contributed by atoms with Gasteiger partial charge in [-0.15, -0.1) is 0 Å². The quantitative estimate of drug-likeness (QED) is 0.915. The number of nitrogens with zero attached hydrogens (tertiary/aromatic N) is 2. The minimum Gasteiger partial charge on any atom is -0.388 e. The molecule has 0 saturated heterocycles. The standard InChI is InChI=1S/C16H22N2O/c1-5-18-10-14(9-17-18)8-16(19)15-7-12(3)11(2)6-13(15)4/h6-7,9-10,16,19H,5,8H2,1-4H3. The average molecular weight is 258 g/mol. The van der Waals surface area contributed by atoms with Crippen LogP contribution in [0.4, 0.5) is 0 Å². The summed E-state index contributed by atoms with van der Waals surface area (Å²) in [6, 6.07) is 4.24. The highest BCUT2D eigenvalue weighted by atomic mass is 16.3. The molecule has 0 aliphatic carbocycles. The molecule has 3 nitrogen and oxygen atoms in total. The molecule has 1 atom stereocenters. The Labute approximate surface area is 114 Å². The lowest BCUT2D eigenvalue weighted by Crippen LogP contribution is -2.04. The van der Waals surface area contributed by atoms with Crippen molar-refractivity contribution in [3.8, 4) is 0 Å². The average Bonchev–Trinajstić information content (AvgIpc) is 2.81. The van der Waals surface area contributed by atoms with E-state index >= 15 is 0 Å². The van der Waals surface area contributed by atoms with Crippen LogP contribution >= 0.6 is 0 Å². The molecule has 102 valence electrons. The smallest absolute Gasteiger partial charge is 0.0834 e. The number of hydrogen-bond donors (Lipinski definition) is 1. The van der Waals surface area contributed by atoms with Gasteiger partial charge in [0.15, 0.2) is 0 Å². The van der Waals surface area contributed by atoms with Crippen LogP contribution in [0, 0.1) is 20.8 Å². The normalized spacial score (nSPS) is 12.7. The van der Waals surface area contributed by atoms with Gasteiger partial charge in [0, 0.05) is 19.2 Å². The molecule has 1 aromatic carbocycles. The van der Waals surface area contributed by atoms with E-state index in [2.05, 4.69) is 44.9 Å². The van der Waals surface area contributed by atoms with Crippen LogP contribution < -0.4 is 0 Å². The molecule has 0 spiro atoms. The van der Waals surface area contributed by atoms with Crippen molar-refractivity contribution in [3.63, 3.8) is 0 Å². The predicted octanol–water partition coefficient (Wildman–Crippen LogP) is 3.10. The third-order valence-electron chi connectivity index (χ3n) is 3.68. The van der Waals surface area contributed by atoms with Crippen molar-refractivity contribution in [2.75, 3.05) is 0 Å². The molecule has 0 bridgehead atoms. The van der Waals surface area contributed by atoms with Gasteiger partial charge in [-0.2, -0.15) is 5.10 Å². The maximum Gasteiger partial charge on any atom is 0.0834 e. The number of rotatable bonds is 4. The van der Waals surface area contributed by atoms with Crippen molar-refractivity contribution in [1.29, 1.82) is 0 Å². The third-order valence-corrected chi connectivity index (χ3v) is 3.68. The summed E-state index contributed by atoms with van der Waals surface area (Å²) in [5.74, 6) is 0. The van der Waals surface area contributed by atoms with E-state index in [1.54, 1.807) is 0 Å². The van der Waals surface area contributed by atoms with Crippen LogP contribution in [0.5, 0.6) is 0 Å². The van der Waals surface area contributed by atoms with E-state index in [9.17, 15) is 5.11 Å². The maximum atomic E-state index is 10.4.